The Morgan fingerprint density at radius 2 is 1.97 bits per heavy atom. The lowest BCUT2D eigenvalue weighted by Crippen LogP contribution is -2.23. The number of nitrogens with zero attached hydrogens (tertiary/aromatic N) is 4. The van der Waals surface area contributed by atoms with E-state index in [9.17, 15) is 4.79 Å². The zero-order valence-electron chi connectivity index (χ0n) is 17.4. The molecule has 4 aromatic rings. The number of hydrogen-bond acceptors (Lipinski definition) is 5. The molecule has 8 heteroatoms. The molecule has 1 aromatic carbocycles. The monoisotopic (exact) mass is 424 g/mol. The van der Waals surface area contributed by atoms with Crippen LogP contribution in [-0.4, -0.2) is 27.6 Å². The van der Waals surface area contributed by atoms with E-state index >= 15 is 0 Å². The van der Waals surface area contributed by atoms with Gasteiger partial charge in [0.25, 0.3) is 5.56 Å². The predicted octanol–water partition coefficient (Wildman–Crippen LogP) is 4.05. The second kappa shape index (κ2) is 8.33. The zero-order valence-corrected chi connectivity index (χ0v) is 18.2. The van der Waals surface area contributed by atoms with Crippen molar-refractivity contribution in [1.29, 1.82) is 0 Å². The van der Waals surface area contributed by atoms with Gasteiger partial charge >= 0.3 is 0 Å². The van der Waals surface area contributed by atoms with Gasteiger partial charge in [-0.25, -0.2) is 9.67 Å². The maximum atomic E-state index is 13.3. The Balaban J connectivity index is 1.92. The Bertz CT molecular complexity index is 1260. The highest BCUT2D eigenvalue weighted by Crippen LogP contribution is 2.25. The number of furan rings is 1. The first-order valence-corrected chi connectivity index (χ1v) is 10.5. The summed E-state index contributed by atoms with van der Waals surface area (Å²) in [5.41, 5.74) is 2.78. The second-order valence-electron chi connectivity index (χ2n) is 7.08. The lowest BCUT2D eigenvalue weighted by molar-refractivity contribution is 0.161. The molecule has 30 heavy (non-hydrogen) atoms. The normalized spacial score (nSPS) is 13.1. The van der Waals surface area contributed by atoms with Crippen molar-refractivity contribution in [3.05, 3.63) is 75.0 Å². The van der Waals surface area contributed by atoms with E-state index in [4.69, 9.17) is 14.1 Å². The van der Waals surface area contributed by atoms with Crippen LogP contribution in [0.5, 0.6) is 0 Å². The Morgan fingerprint density at radius 3 is 2.63 bits per heavy atom. The summed E-state index contributed by atoms with van der Waals surface area (Å²) < 4.78 is 16.5. The molecule has 0 bridgehead atoms. The number of thiazole rings is 1. The molecule has 0 amide bonds. The molecule has 0 aliphatic heterocycles. The predicted molar refractivity (Wildman–Crippen MR) is 118 cm³/mol. The van der Waals surface area contributed by atoms with Gasteiger partial charge in [-0.1, -0.05) is 18.2 Å². The molecule has 4 rings (SSSR count). The van der Waals surface area contributed by atoms with Crippen LogP contribution in [0.4, 0.5) is 5.69 Å². The number of rotatable bonds is 6. The van der Waals surface area contributed by atoms with Gasteiger partial charge in [0.2, 0.25) is 0 Å². The molecule has 0 aliphatic carbocycles. The van der Waals surface area contributed by atoms with E-state index in [1.165, 1.54) is 11.3 Å². The van der Waals surface area contributed by atoms with Crippen molar-refractivity contribution in [3.63, 3.8) is 0 Å². The molecule has 1 unspecified atom stereocenters. The van der Waals surface area contributed by atoms with Gasteiger partial charge in [0.1, 0.15) is 0 Å². The molecule has 7 nitrogen and oxygen atoms in total. The SMILES string of the molecule is COCC(C)n1c(-c2ccco2)csc1=Nc1c(C)n(C)n(-c2ccccc2)c1=O. The average Bonchev–Trinajstić information content (AvgIpc) is 3.45. The van der Waals surface area contributed by atoms with Crippen LogP contribution in [0.25, 0.3) is 17.1 Å². The van der Waals surface area contributed by atoms with Gasteiger partial charge in [-0.3, -0.25) is 9.48 Å². The van der Waals surface area contributed by atoms with E-state index in [0.717, 1.165) is 27.6 Å². The maximum Gasteiger partial charge on any atom is 0.297 e. The smallest absolute Gasteiger partial charge is 0.297 e. The minimum absolute atomic E-state index is 0.0143. The summed E-state index contributed by atoms with van der Waals surface area (Å²) >= 11 is 1.48. The van der Waals surface area contributed by atoms with Gasteiger partial charge in [-0.05, 0) is 38.1 Å². The van der Waals surface area contributed by atoms with Crippen molar-refractivity contribution in [2.24, 2.45) is 12.0 Å². The van der Waals surface area contributed by atoms with Crippen LogP contribution in [0, 0.1) is 6.92 Å². The molecule has 0 saturated carbocycles. The topological polar surface area (TPSA) is 66.6 Å². The van der Waals surface area contributed by atoms with Crippen LogP contribution in [0.15, 0.2) is 68.3 Å². The van der Waals surface area contributed by atoms with Crippen molar-refractivity contribution in [1.82, 2.24) is 13.9 Å². The van der Waals surface area contributed by atoms with Crippen molar-refractivity contribution in [2.75, 3.05) is 13.7 Å². The summed E-state index contributed by atoms with van der Waals surface area (Å²) in [6, 6.07) is 13.4. The second-order valence-corrected chi connectivity index (χ2v) is 7.91. The van der Waals surface area contributed by atoms with Crippen LogP contribution in [0.3, 0.4) is 0 Å². The van der Waals surface area contributed by atoms with Crippen molar-refractivity contribution >= 4 is 17.0 Å². The standard InChI is InChI=1S/C22H24N4O3S/c1-15(13-28-4)25-18(19-11-8-12-29-19)14-30-22(25)23-20-16(2)24(3)26(21(20)27)17-9-6-5-7-10-17/h5-12,14-15H,13H2,1-4H3. The van der Waals surface area contributed by atoms with Gasteiger partial charge in [0, 0.05) is 19.5 Å². The van der Waals surface area contributed by atoms with E-state index in [2.05, 4.69) is 11.5 Å². The Hall–Kier alpha value is -3.10. The number of methoxy groups -OCH3 is 1. The molecule has 0 radical (unpaired) electrons. The Labute approximate surface area is 178 Å². The zero-order chi connectivity index (χ0) is 21.3. The van der Waals surface area contributed by atoms with Crippen LogP contribution >= 0.6 is 11.3 Å². The van der Waals surface area contributed by atoms with Crippen LogP contribution in [0.1, 0.15) is 18.7 Å². The fourth-order valence-electron chi connectivity index (χ4n) is 3.53. The summed E-state index contributed by atoms with van der Waals surface area (Å²) in [7, 11) is 3.54. The molecule has 0 N–H and O–H groups in total. The van der Waals surface area contributed by atoms with Crippen LogP contribution in [-0.2, 0) is 11.8 Å². The first-order valence-electron chi connectivity index (χ1n) is 9.64. The quantitative estimate of drug-likeness (QED) is 0.469. The molecule has 156 valence electrons. The number of benzene rings is 1. The third-order valence-corrected chi connectivity index (χ3v) is 5.94. The summed E-state index contributed by atoms with van der Waals surface area (Å²) in [5.74, 6) is 0.752. The fraction of sp³-hybridized carbons (Fsp3) is 0.273. The lowest BCUT2D eigenvalue weighted by Gasteiger charge is -2.15. The first kappa shape index (κ1) is 20.2. The number of para-hydroxylation sites is 1. The molecule has 0 aliphatic rings. The van der Waals surface area contributed by atoms with E-state index in [1.54, 1.807) is 18.1 Å². The van der Waals surface area contributed by atoms with Gasteiger partial charge in [-0.15, -0.1) is 11.3 Å². The highest BCUT2D eigenvalue weighted by atomic mass is 32.1. The van der Waals surface area contributed by atoms with Crippen LogP contribution < -0.4 is 10.4 Å². The fourth-order valence-corrected chi connectivity index (χ4v) is 4.51. The van der Waals surface area contributed by atoms with Crippen molar-refractivity contribution < 1.29 is 9.15 Å². The van der Waals surface area contributed by atoms with E-state index < -0.39 is 0 Å². The van der Waals surface area contributed by atoms with Gasteiger partial charge in [0.05, 0.1) is 36.0 Å². The Morgan fingerprint density at radius 1 is 1.20 bits per heavy atom. The Kier molecular flexibility index (Phi) is 5.61. The van der Waals surface area contributed by atoms with E-state index in [0.29, 0.717) is 12.3 Å². The van der Waals surface area contributed by atoms with Crippen molar-refractivity contribution in [2.45, 2.75) is 19.9 Å². The first-order chi connectivity index (χ1) is 14.5. The molecule has 3 aromatic heterocycles. The van der Waals surface area contributed by atoms with Crippen LogP contribution in [0.2, 0.25) is 0 Å². The van der Waals surface area contributed by atoms with E-state index in [1.807, 2.05) is 66.5 Å². The summed E-state index contributed by atoms with van der Waals surface area (Å²) in [5, 5.41) is 2.00. The minimum Gasteiger partial charge on any atom is -0.463 e. The molecule has 1 atom stereocenters. The van der Waals surface area contributed by atoms with Gasteiger partial charge < -0.3 is 13.7 Å². The summed E-state index contributed by atoms with van der Waals surface area (Å²) in [4.78, 5) is 18.8. The summed E-state index contributed by atoms with van der Waals surface area (Å²) in [6.45, 7) is 4.48. The lowest BCUT2D eigenvalue weighted by atomic mass is 10.3. The molecular formula is C22H24N4O3S. The number of aromatic nitrogens is 3. The van der Waals surface area contributed by atoms with Gasteiger partial charge in [0.15, 0.2) is 16.2 Å². The highest BCUT2D eigenvalue weighted by molar-refractivity contribution is 7.07. The summed E-state index contributed by atoms with van der Waals surface area (Å²) in [6.07, 6.45) is 1.65. The largest absolute Gasteiger partial charge is 0.463 e. The minimum atomic E-state index is -0.153. The molecule has 3 heterocycles. The molecule has 0 spiro atoms. The highest BCUT2D eigenvalue weighted by Gasteiger charge is 2.19. The molecular weight excluding hydrogens is 400 g/mol. The third-order valence-electron chi connectivity index (χ3n) is 5.10. The third kappa shape index (κ3) is 3.48. The maximum absolute atomic E-state index is 13.3. The molecule has 0 fully saturated rings. The van der Waals surface area contributed by atoms with Gasteiger partial charge in [-0.2, -0.15) is 0 Å². The number of hydrogen-bond donors (Lipinski definition) is 0. The van der Waals surface area contributed by atoms with Crippen molar-refractivity contribution in [3.8, 4) is 17.1 Å². The molecule has 0 saturated heterocycles. The van der Waals surface area contributed by atoms with E-state index in [-0.39, 0.29) is 11.6 Å². The average molecular weight is 425 g/mol. The number of ether oxygens (including phenoxy) is 1.